The van der Waals surface area contributed by atoms with Crippen LogP contribution in [-0.4, -0.2) is 71.2 Å². The Bertz CT molecular complexity index is 743. The molecule has 9 nitrogen and oxygen atoms in total. The maximum Gasteiger partial charge on any atom is 0.261 e. The zero-order valence-electron chi connectivity index (χ0n) is 14.8. The minimum absolute atomic E-state index is 0.105. The summed E-state index contributed by atoms with van der Waals surface area (Å²) < 4.78 is 12.6. The van der Waals surface area contributed by atoms with Gasteiger partial charge in [0, 0.05) is 46.4 Å². The molecular weight excluding hydrogens is 324 g/mol. The van der Waals surface area contributed by atoms with Gasteiger partial charge in [0.15, 0.2) is 5.82 Å². The van der Waals surface area contributed by atoms with Gasteiger partial charge in [-0.2, -0.15) is 0 Å². The molecule has 1 fully saturated rings. The van der Waals surface area contributed by atoms with Crippen molar-refractivity contribution in [1.29, 1.82) is 0 Å². The van der Waals surface area contributed by atoms with Crippen molar-refractivity contribution in [2.24, 2.45) is 7.05 Å². The molecule has 2 aromatic rings. The zero-order valence-corrected chi connectivity index (χ0v) is 14.8. The Hall–Kier alpha value is -2.84. The summed E-state index contributed by atoms with van der Waals surface area (Å²) in [6.07, 6.45) is 2.30. The molecule has 3 heterocycles. The standard InChI is InChI=1S/C16H22N6O3/c1-20(2)13-5-6-14(18-17-13)25-11-7-8-22(9-11)16(23)12-10-21(3)19-15(12)24-4/h5-6,10-11H,7-9H2,1-4H3/t11-/m0/s1. The highest BCUT2D eigenvalue weighted by atomic mass is 16.5. The average Bonchev–Trinajstić information content (AvgIpc) is 3.21. The number of anilines is 1. The fourth-order valence-electron chi connectivity index (χ4n) is 2.73. The number of aryl methyl sites for hydroxylation is 1. The molecule has 25 heavy (non-hydrogen) atoms. The van der Waals surface area contributed by atoms with E-state index in [9.17, 15) is 4.79 Å². The van der Waals surface area contributed by atoms with Gasteiger partial charge in [-0.05, 0) is 6.07 Å². The van der Waals surface area contributed by atoms with Crippen LogP contribution in [0.4, 0.5) is 5.82 Å². The topological polar surface area (TPSA) is 85.6 Å². The van der Waals surface area contributed by atoms with Gasteiger partial charge in [0.05, 0.1) is 13.7 Å². The third-order valence-corrected chi connectivity index (χ3v) is 4.02. The summed E-state index contributed by atoms with van der Waals surface area (Å²) in [7, 11) is 7.06. The first-order valence-corrected chi connectivity index (χ1v) is 8.02. The number of carbonyl (C=O) groups is 1. The van der Waals surface area contributed by atoms with Crippen LogP contribution in [0.15, 0.2) is 18.3 Å². The molecule has 1 aliphatic heterocycles. The Kier molecular flexibility index (Phi) is 4.73. The summed E-state index contributed by atoms with van der Waals surface area (Å²) in [5, 5.41) is 12.3. The van der Waals surface area contributed by atoms with Crippen LogP contribution in [0.3, 0.4) is 0 Å². The van der Waals surface area contributed by atoms with Crippen LogP contribution in [0.5, 0.6) is 11.8 Å². The van der Waals surface area contributed by atoms with Gasteiger partial charge in [-0.15, -0.1) is 15.3 Å². The molecule has 0 N–H and O–H groups in total. The van der Waals surface area contributed by atoms with E-state index in [2.05, 4.69) is 15.3 Å². The summed E-state index contributed by atoms with van der Waals surface area (Å²) in [6, 6.07) is 3.64. The third-order valence-electron chi connectivity index (χ3n) is 4.02. The third kappa shape index (κ3) is 3.65. The van der Waals surface area contributed by atoms with Gasteiger partial charge in [-0.1, -0.05) is 0 Å². The maximum atomic E-state index is 12.7. The Balaban J connectivity index is 1.62. The SMILES string of the molecule is COc1nn(C)cc1C(=O)N1CC[C@H](Oc2ccc(N(C)C)nn2)C1. The van der Waals surface area contributed by atoms with Crippen LogP contribution in [0.2, 0.25) is 0 Å². The average molecular weight is 346 g/mol. The van der Waals surface area contributed by atoms with Gasteiger partial charge < -0.3 is 19.3 Å². The predicted octanol–water partition coefficient (Wildman–Crippen LogP) is 0.578. The Morgan fingerprint density at radius 2 is 2.12 bits per heavy atom. The van der Waals surface area contributed by atoms with Crippen LogP contribution in [0, 0.1) is 0 Å². The number of amides is 1. The molecule has 1 amide bonds. The van der Waals surface area contributed by atoms with Gasteiger partial charge in [-0.25, -0.2) is 0 Å². The summed E-state index contributed by atoms with van der Waals surface area (Å²) in [5.41, 5.74) is 0.459. The van der Waals surface area contributed by atoms with Gasteiger partial charge in [-0.3, -0.25) is 9.48 Å². The molecular formula is C16H22N6O3. The van der Waals surface area contributed by atoms with Crippen molar-refractivity contribution in [3.8, 4) is 11.8 Å². The van der Waals surface area contributed by atoms with E-state index in [0.717, 1.165) is 12.2 Å². The summed E-state index contributed by atoms with van der Waals surface area (Å²) in [5.74, 6) is 1.45. The fraction of sp³-hybridized carbons (Fsp3) is 0.500. The maximum absolute atomic E-state index is 12.7. The van der Waals surface area contributed by atoms with E-state index in [0.29, 0.717) is 30.4 Å². The lowest BCUT2D eigenvalue weighted by atomic mass is 10.3. The lowest BCUT2D eigenvalue weighted by Crippen LogP contribution is -2.31. The first-order valence-electron chi connectivity index (χ1n) is 8.02. The van der Waals surface area contributed by atoms with Gasteiger partial charge in [0.1, 0.15) is 11.7 Å². The zero-order chi connectivity index (χ0) is 18.0. The van der Waals surface area contributed by atoms with Crippen molar-refractivity contribution in [2.75, 3.05) is 39.2 Å². The smallest absolute Gasteiger partial charge is 0.261 e. The minimum atomic E-state index is -0.106. The van der Waals surface area contributed by atoms with Gasteiger partial charge in [0.25, 0.3) is 5.91 Å². The second kappa shape index (κ2) is 6.96. The van der Waals surface area contributed by atoms with Crippen molar-refractivity contribution < 1.29 is 14.3 Å². The molecule has 0 bridgehead atoms. The van der Waals surface area contributed by atoms with Crippen LogP contribution in [0.1, 0.15) is 16.8 Å². The largest absolute Gasteiger partial charge is 0.479 e. The van der Waals surface area contributed by atoms with E-state index in [-0.39, 0.29) is 12.0 Å². The molecule has 0 saturated carbocycles. The second-order valence-corrected chi connectivity index (χ2v) is 6.13. The highest BCUT2D eigenvalue weighted by molar-refractivity contribution is 5.96. The molecule has 2 aromatic heterocycles. The number of hydrogen-bond donors (Lipinski definition) is 0. The number of likely N-dealkylation sites (tertiary alicyclic amines) is 1. The van der Waals surface area contributed by atoms with Crippen LogP contribution in [0.25, 0.3) is 0 Å². The molecule has 1 aliphatic rings. The quantitative estimate of drug-likeness (QED) is 0.783. The van der Waals surface area contributed by atoms with Crippen LogP contribution in [-0.2, 0) is 7.05 Å². The summed E-state index contributed by atoms with van der Waals surface area (Å²) in [4.78, 5) is 16.3. The van der Waals surface area contributed by atoms with Crippen molar-refractivity contribution >= 4 is 11.7 Å². The van der Waals surface area contributed by atoms with Crippen LogP contribution >= 0.6 is 0 Å². The lowest BCUT2D eigenvalue weighted by Gasteiger charge is -2.17. The second-order valence-electron chi connectivity index (χ2n) is 6.13. The van der Waals surface area contributed by atoms with Gasteiger partial charge in [0.2, 0.25) is 11.8 Å². The molecule has 1 atom stereocenters. The van der Waals surface area contributed by atoms with E-state index < -0.39 is 0 Å². The van der Waals surface area contributed by atoms with E-state index in [1.54, 1.807) is 28.9 Å². The van der Waals surface area contributed by atoms with E-state index >= 15 is 0 Å². The molecule has 0 spiro atoms. The highest BCUT2D eigenvalue weighted by Crippen LogP contribution is 2.22. The highest BCUT2D eigenvalue weighted by Gasteiger charge is 2.31. The molecule has 3 rings (SSSR count). The molecule has 0 aliphatic carbocycles. The molecule has 0 radical (unpaired) electrons. The lowest BCUT2D eigenvalue weighted by molar-refractivity contribution is 0.0767. The molecule has 0 unspecified atom stereocenters. The summed E-state index contributed by atoms with van der Waals surface area (Å²) in [6.45, 7) is 1.11. The van der Waals surface area contributed by atoms with E-state index in [4.69, 9.17) is 9.47 Å². The number of aromatic nitrogens is 4. The fourth-order valence-corrected chi connectivity index (χ4v) is 2.73. The van der Waals surface area contributed by atoms with E-state index in [1.165, 1.54) is 7.11 Å². The first-order chi connectivity index (χ1) is 12.0. The number of methoxy groups -OCH3 is 1. The Labute approximate surface area is 146 Å². The number of rotatable bonds is 5. The van der Waals surface area contributed by atoms with Crippen molar-refractivity contribution in [3.63, 3.8) is 0 Å². The molecule has 0 aromatic carbocycles. The molecule has 9 heteroatoms. The number of ether oxygens (including phenoxy) is 2. The number of nitrogens with zero attached hydrogens (tertiary/aromatic N) is 6. The van der Waals surface area contributed by atoms with Gasteiger partial charge >= 0.3 is 0 Å². The molecule has 134 valence electrons. The normalized spacial score (nSPS) is 16.8. The number of carbonyl (C=O) groups excluding carboxylic acids is 1. The van der Waals surface area contributed by atoms with E-state index in [1.807, 2.05) is 25.1 Å². The van der Waals surface area contributed by atoms with Crippen molar-refractivity contribution in [2.45, 2.75) is 12.5 Å². The minimum Gasteiger partial charge on any atom is -0.479 e. The van der Waals surface area contributed by atoms with Crippen molar-refractivity contribution in [1.82, 2.24) is 24.9 Å². The first kappa shape index (κ1) is 17.0. The van der Waals surface area contributed by atoms with Crippen molar-refractivity contribution in [3.05, 3.63) is 23.9 Å². The van der Waals surface area contributed by atoms with Crippen LogP contribution < -0.4 is 14.4 Å². The monoisotopic (exact) mass is 346 g/mol. The number of hydrogen-bond acceptors (Lipinski definition) is 7. The summed E-state index contributed by atoms with van der Waals surface area (Å²) >= 11 is 0. The Morgan fingerprint density at radius 3 is 2.76 bits per heavy atom. The molecule has 1 saturated heterocycles. The Morgan fingerprint density at radius 1 is 1.32 bits per heavy atom. The predicted molar refractivity (Wildman–Crippen MR) is 91.1 cm³/mol.